The minimum absolute atomic E-state index is 0.0186. The zero-order valence-corrected chi connectivity index (χ0v) is 13.7. The van der Waals surface area contributed by atoms with Gasteiger partial charge in [0, 0.05) is 30.8 Å². The van der Waals surface area contributed by atoms with Crippen LogP contribution < -0.4 is 4.90 Å². The summed E-state index contributed by atoms with van der Waals surface area (Å²) >= 11 is 0. The Morgan fingerprint density at radius 2 is 2.04 bits per heavy atom. The van der Waals surface area contributed by atoms with Crippen molar-refractivity contribution in [3.8, 4) is 0 Å². The van der Waals surface area contributed by atoms with Gasteiger partial charge in [-0.3, -0.25) is 14.4 Å². The number of aliphatic carboxylic acids is 1. The lowest BCUT2D eigenvalue weighted by molar-refractivity contribution is -0.138. The lowest BCUT2D eigenvalue weighted by atomic mass is 10.1. The second kappa shape index (κ2) is 6.81. The van der Waals surface area contributed by atoms with E-state index in [1.54, 1.807) is 23.1 Å². The molecule has 1 atom stereocenters. The summed E-state index contributed by atoms with van der Waals surface area (Å²) in [6.07, 6.45) is 1.39. The monoisotopic (exact) mass is 318 g/mol. The van der Waals surface area contributed by atoms with Gasteiger partial charge in [0.15, 0.2) is 0 Å². The van der Waals surface area contributed by atoms with Crippen LogP contribution in [0.1, 0.15) is 43.1 Å². The molecule has 124 valence electrons. The Morgan fingerprint density at radius 1 is 1.35 bits per heavy atom. The van der Waals surface area contributed by atoms with Crippen molar-refractivity contribution in [2.45, 2.75) is 39.7 Å². The first-order valence-corrected chi connectivity index (χ1v) is 7.79. The van der Waals surface area contributed by atoms with Crippen molar-refractivity contribution >= 4 is 23.5 Å². The Labute approximate surface area is 135 Å². The highest BCUT2D eigenvalue weighted by atomic mass is 16.4. The van der Waals surface area contributed by atoms with Crippen molar-refractivity contribution in [2.75, 3.05) is 18.0 Å². The number of carbonyl (C=O) groups excluding carboxylic acids is 2. The molecule has 0 saturated carbocycles. The van der Waals surface area contributed by atoms with Gasteiger partial charge in [0.1, 0.15) is 6.54 Å². The summed E-state index contributed by atoms with van der Waals surface area (Å²) in [6, 6.07) is 5.06. The van der Waals surface area contributed by atoms with E-state index in [1.165, 1.54) is 11.8 Å². The molecule has 0 radical (unpaired) electrons. The van der Waals surface area contributed by atoms with Gasteiger partial charge >= 0.3 is 5.97 Å². The zero-order valence-electron chi connectivity index (χ0n) is 13.7. The summed E-state index contributed by atoms with van der Waals surface area (Å²) in [7, 11) is 0. The number of hydrogen-bond acceptors (Lipinski definition) is 3. The van der Waals surface area contributed by atoms with Crippen LogP contribution >= 0.6 is 0 Å². The average Bonchev–Trinajstić information content (AvgIpc) is 2.94. The fraction of sp³-hybridized carbons (Fsp3) is 0.471. The van der Waals surface area contributed by atoms with Crippen LogP contribution in [0.15, 0.2) is 18.2 Å². The molecule has 1 aromatic rings. The van der Waals surface area contributed by atoms with E-state index in [0.717, 1.165) is 11.3 Å². The van der Waals surface area contributed by atoms with Gasteiger partial charge in [-0.05, 0) is 43.5 Å². The van der Waals surface area contributed by atoms with Crippen LogP contribution in [0.25, 0.3) is 0 Å². The summed E-state index contributed by atoms with van der Waals surface area (Å²) in [4.78, 5) is 38.3. The maximum Gasteiger partial charge on any atom is 0.323 e. The number of anilines is 1. The molecule has 0 aromatic heterocycles. The van der Waals surface area contributed by atoms with Crippen LogP contribution in [0, 0.1) is 0 Å². The number of carbonyl (C=O) groups is 3. The van der Waals surface area contributed by atoms with Crippen LogP contribution in [0.4, 0.5) is 5.69 Å². The Balaban J connectivity index is 2.29. The van der Waals surface area contributed by atoms with Crippen molar-refractivity contribution in [1.29, 1.82) is 0 Å². The van der Waals surface area contributed by atoms with Gasteiger partial charge in [0.05, 0.1) is 0 Å². The molecule has 0 spiro atoms. The molecule has 6 nitrogen and oxygen atoms in total. The molecule has 2 amide bonds. The van der Waals surface area contributed by atoms with Crippen LogP contribution in [0.5, 0.6) is 0 Å². The van der Waals surface area contributed by atoms with Gasteiger partial charge in [0.25, 0.3) is 5.91 Å². The molecule has 2 rings (SSSR count). The van der Waals surface area contributed by atoms with Crippen LogP contribution in [0.2, 0.25) is 0 Å². The second-order valence-corrected chi connectivity index (χ2v) is 5.85. The molecular weight excluding hydrogens is 296 g/mol. The van der Waals surface area contributed by atoms with Crippen molar-refractivity contribution in [3.63, 3.8) is 0 Å². The summed E-state index contributed by atoms with van der Waals surface area (Å²) in [5.41, 5.74) is 2.25. The lowest BCUT2D eigenvalue weighted by Crippen LogP contribution is -2.41. The topological polar surface area (TPSA) is 77.9 Å². The summed E-state index contributed by atoms with van der Waals surface area (Å²) in [5, 5.41) is 9.04. The van der Waals surface area contributed by atoms with Gasteiger partial charge in [-0.25, -0.2) is 0 Å². The quantitative estimate of drug-likeness (QED) is 0.899. The van der Waals surface area contributed by atoms with E-state index in [1.807, 2.05) is 13.8 Å². The van der Waals surface area contributed by atoms with Gasteiger partial charge in [-0.2, -0.15) is 0 Å². The molecule has 6 heteroatoms. The molecule has 0 aliphatic carbocycles. The molecule has 0 fully saturated rings. The SMILES string of the molecule is CCC(C)N(CC(=O)O)C(=O)c1ccc2c(c1)CCN2C(C)=O. The number of fused-ring (bicyclic) bond motifs is 1. The summed E-state index contributed by atoms with van der Waals surface area (Å²) in [5.74, 6) is -1.33. The maximum absolute atomic E-state index is 12.7. The Bertz CT molecular complexity index is 641. The number of nitrogens with zero attached hydrogens (tertiary/aromatic N) is 2. The van der Waals surface area contributed by atoms with Gasteiger partial charge in [0.2, 0.25) is 5.91 Å². The van der Waals surface area contributed by atoms with E-state index in [4.69, 9.17) is 5.11 Å². The minimum Gasteiger partial charge on any atom is -0.480 e. The van der Waals surface area contributed by atoms with E-state index in [2.05, 4.69) is 0 Å². The fourth-order valence-corrected chi connectivity index (χ4v) is 2.82. The summed E-state index contributed by atoms with van der Waals surface area (Å²) in [6.45, 7) is 5.58. The number of carboxylic acids is 1. The third-order valence-electron chi connectivity index (χ3n) is 4.29. The largest absolute Gasteiger partial charge is 0.480 e. The molecule has 1 unspecified atom stereocenters. The molecular formula is C17H22N2O4. The molecule has 1 heterocycles. The highest BCUT2D eigenvalue weighted by molar-refractivity contribution is 5.98. The van der Waals surface area contributed by atoms with Crippen LogP contribution in [0.3, 0.4) is 0 Å². The molecule has 1 aromatic carbocycles. The average molecular weight is 318 g/mol. The minimum atomic E-state index is -1.03. The summed E-state index contributed by atoms with van der Waals surface area (Å²) < 4.78 is 0. The van der Waals surface area contributed by atoms with Gasteiger partial charge in [-0.15, -0.1) is 0 Å². The highest BCUT2D eigenvalue weighted by Crippen LogP contribution is 2.29. The van der Waals surface area contributed by atoms with Crippen LogP contribution in [-0.2, 0) is 16.0 Å². The van der Waals surface area contributed by atoms with E-state index < -0.39 is 5.97 Å². The van der Waals surface area contributed by atoms with E-state index in [9.17, 15) is 14.4 Å². The van der Waals surface area contributed by atoms with Crippen molar-refractivity contribution in [3.05, 3.63) is 29.3 Å². The predicted molar refractivity (Wildman–Crippen MR) is 86.6 cm³/mol. The van der Waals surface area contributed by atoms with Crippen LogP contribution in [-0.4, -0.2) is 46.9 Å². The first-order valence-electron chi connectivity index (χ1n) is 7.79. The third kappa shape index (κ3) is 3.52. The second-order valence-electron chi connectivity index (χ2n) is 5.85. The Morgan fingerprint density at radius 3 is 2.61 bits per heavy atom. The fourth-order valence-electron chi connectivity index (χ4n) is 2.82. The Kier molecular flexibility index (Phi) is 5.03. The van der Waals surface area contributed by atoms with E-state index in [-0.39, 0.29) is 24.4 Å². The first-order chi connectivity index (χ1) is 10.8. The smallest absolute Gasteiger partial charge is 0.323 e. The standard InChI is InChI=1S/C17H22N2O4/c1-4-11(2)19(10-16(21)22)17(23)14-5-6-15-13(9-14)7-8-18(15)12(3)20/h5-6,9,11H,4,7-8,10H2,1-3H3,(H,21,22). The molecule has 1 N–H and O–H groups in total. The normalized spacial score (nSPS) is 14.3. The lowest BCUT2D eigenvalue weighted by Gasteiger charge is -2.27. The molecule has 1 aliphatic rings. The van der Waals surface area contributed by atoms with Crippen molar-refractivity contribution < 1.29 is 19.5 Å². The van der Waals surface area contributed by atoms with E-state index >= 15 is 0 Å². The Hall–Kier alpha value is -2.37. The number of hydrogen-bond donors (Lipinski definition) is 1. The predicted octanol–water partition coefficient (Wildman–Crippen LogP) is 1.92. The number of amides is 2. The molecule has 23 heavy (non-hydrogen) atoms. The molecule has 1 aliphatic heterocycles. The number of carboxylic acid groups (broad SMARTS) is 1. The number of rotatable bonds is 5. The zero-order chi connectivity index (χ0) is 17.1. The van der Waals surface area contributed by atoms with E-state index in [0.29, 0.717) is 24.9 Å². The maximum atomic E-state index is 12.7. The third-order valence-corrected chi connectivity index (χ3v) is 4.29. The van der Waals surface area contributed by atoms with Gasteiger partial charge in [-0.1, -0.05) is 6.92 Å². The molecule has 0 saturated heterocycles. The van der Waals surface area contributed by atoms with Crippen molar-refractivity contribution in [1.82, 2.24) is 4.90 Å². The highest BCUT2D eigenvalue weighted by Gasteiger charge is 2.26. The number of benzene rings is 1. The van der Waals surface area contributed by atoms with Gasteiger partial charge < -0.3 is 14.9 Å². The molecule has 0 bridgehead atoms. The van der Waals surface area contributed by atoms with Crippen molar-refractivity contribution in [2.24, 2.45) is 0 Å². The first kappa shape index (κ1) is 17.0.